The van der Waals surface area contributed by atoms with Gasteiger partial charge < -0.3 is 9.64 Å². The van der Waals surface area contributed by atoms with Crippen molar-refractivity contribution in [1.82, 2.24) is 10.2 Å². The lowest BCUT2D eigenvalue weighted by atomic mass is 10.1. The number of likely N-dealkylation sites (N-methyl/N-ethyl adjacent to an activating group) is 1. The molecule has 1 N–H and O–H groups in total. The normalized spacial score (nSPS) is 17.3. The van der Waals surface area contributed by atoms with Crippen LogP contribution in [-0.2, 0) is 11.2 Å². The zero-order chi connectivity index (χ0) is 16.2. The first-order valence-corrected chi connectivity index (χ1v) is 7.48. The molecule has 0 aromatic heterocycles. The molecule has 1 atom stereocenters. The van der Waals surface area contributed by atoms with E-state index in [1.807, 2.05) is 18.2 Å². The number of amides is 1. The van der Waals surface area contributed by atoms with Crippen molar-refractivity contribution in [2.24, 2.45) is 0 Å². The predicted octanol–water partition coefficient (Wildman–Crippen LogP) is 1.84. The molecule has 0 bridgehead atoms. The number of hydrogen-bond donors (Lipinski definition) is 1. The van der Waals surface area contributed by atoms with Crippen LogP contribution in [-0.4, -0.2) is 36.5 Å². The summed E-state index contributed by atoms with van der Waals surface area (Å²) in [4.78, 5) is 25.5. The number of ether oxygens (including phenoxy) is 1. The van der Waals surface area contributed by atoms with Gasteiger partial charge in [0.05, 0.1) is 18.3 Å². The van der Waals surface area contributed by atoms with Crippen molar-refractivity contribution in [2.75, 3.05) is 13.7 Å². The van der Waals surface area contributed by atoms with Crippen molar-refractivity contribution < 1.29 is 14.3 Å². The van der Waals surface area contributed by atoms with Gasteiger partial charge in [0.1, 0.15) is 5.75 Å². The molecule has 1 heterocycles. The summed E-state index contributed by atoms with van der Waals surface area (Å²) in [7, 11) is 1.78. The summed E-state index contributed by atoms with van der Waals surface area (Å²) in [5.74, 6) is 0.211. The van der Waals surface area contributed by atoms with E-state index in [9.17, 15) is 9.59 Å². The van der Waals surface area contributed by atoms with Gasteiger partial charge in [-0.15, -0.1) is 0 Å². The van der Waals surface area contributed by atoms with Gasteiger partial charge in [0, 0.05) is 7.05 Å². The molecule has 0 saturated carbocycles. The zero-order valence-electron chi connectivity index (χ0n) is 12.9. The van der Waals surface area contributed by atoms with Gasteiger partial charge in [-0.1, -0.05) is 30.3 Å². The Morgan fingerprint density at radius 2 is 1.87 bits per heavy atom. The fraction of sp³-hybridized carbons (Fsp3) is 0.222. The molecule has 1 fully saturated rings. The third-order valence-electron chi connectivity index (χ3n) is 3.83. The van der Waals surface area contributed by atoms with Crippen LogP contribution >= 0.6 is 0 Å². The number of carbonyl (C=O) groups excluding carboxylic acids is 2. The van der Waals surface area contributed by atoms with Gasteiger partial charge in [-0.3, -0.25) is 10.1 Å². The third kappa shape index (κ3) is 3.57. The first-order valence-electron chi connectivity index (χ1n) is 7.48. The Labute approximate surface area is 134 Å². The monoisotopic (exact) mass is 310 g/mol. The van der Waals surface area contributed by atoms with Gasteiger partial charge >= 0.3 is 5.97 Å². The van der Waals surface area contributed by atoms with Gasteiger partial charge in [0.25, 0.3) is 0 Å². The first-order chi connectivity index (χ1) is 11.1. The van der Waals surface area contributed by atoms with Crippen molar-refractivity contribution in [3.63, 3.8) is 0 Å². The van der Waals surface area contributed by atoms with Gasteiger partial charge in [0.15, 0.2) is 0 Å². The van der Waals surface area contributed by atoms with Crippen molar-refractivity contribution >= 4 is 11.9 Å². The summed E-state index contributed by atoms with van der Waals surface area (Å²) < 4.78 is 5.33. The maximum atomic E-state index is 12.0. The van der Waals surface area contributed by atoms with Gasteiger partial charge in [-0.25, -0.2) is 4.79 Å². The number of hydrogen-bond acceptors (Lipinski definition) is 4. The first kappa shape index (κ1) is 15.2. The van der Waals surface area contributed by atoms with Crippen LogP contribution in [0.25, 0.3) is 0 Å². The minimum absolute atomic E-state index is 0.101. The molecule has 118 valence electrons. The molecule has 1 aliphatic rings. The molecule has 2 aromatic carbocycles. The van der Waals surface area contributed by atoms with Gasteiger partial charge in [-0.05, 0) is 36.2 Å². The third-order valence-corrected chi connectivity index (χ3v) is 3.83. The van der Waals surface area contributed by atoms with E-state index in [2.05, 4.69) is 5.32 Å². The molecule has 1 aliphatic heterocycles. The van der Waals surface area contributed by atoms with Crippen molar-refractivity contribution in [3.8, 4) is 5.75 Å². The molecule has 5 nitrogen and oxygen atoms in total. The van der Waals surface area contributed by atoms with E-state index in [1.165, 1.54) is 0 Å². The van der Waals surface area contributed by atoms with Crippen LogP contribution in [0.2, 0.25) is 0 Å². The second-order valence-electron chi connectivity index (χ2n) is 5.55. The van der Waals surface area contributed by atoms with Crippen LogP contribution in [0.5, 0.6) is 5.75 Å². The maximum absolute atomic E-state index is 12.0. The number of nitrogens with zero attached hydrogens (tertiary/aromatic N) is 1. The summed E-state index contributed by atoms with van der Waals surface area (Å²) in [6, 6.07) is 15.9. The van der Waals surface area contributed by atoms with Crippen LogP contribution in [0.4, 0.5) is 0 Å². The fourth-order valence-corrected chi connectivity index (χ4v) is 2.51. The average Bonchev–Trinajstić information content (AvgIpc) is 2.89. The molecule has 0 aliphatic carbocycles. The predicted molar refractivity (Wildman–Crippen MR) is 86.1 cm³/mol. The van der Waals surface area contributed by atoms with Crippen LogP contribution in [0.15, 0.2) is 54.6 Å². The quantitative estimate of drug-likeness (QED) is 0.691. The molecule has 5 heteroatoms. The largest absolute Gasteiger partial charge is 0.423 e. The zero-order valence-corrected chi connectivity index (χ0v) is 12.9. The molecule has 23 heavy (non-hydrogen) atoms. The smallest absolute Gasteiger partial charge is 0.343 e. The second-order valence-corrected chi connectivity index (χ2v) is 5.55. The summed E-state index contributed by atoms with van der Waals surface area (Å²) in [6.07, 6.45) is 0.621. The van der Waals surface area contributed by atoms with E-state index >= 15 is 0 Å². The molecule has 0 spiro atoms. The van der Waals surface area contributed by atoms with E-state index in [0.29, 0.717) is 24.4 Å². The molecule has 0 radical (unpaired) electrons. The van der Waals surface area contributed by atoms with Gasteiger partial charge in [-0.2, -0.15) is 0 Å². The fourth-order valence-electron chi connectivity index (χ4n) is 2.51. The molecular formula is C18H18N2O3. The lowest BCUT2D eigenvalue weighted by Crippen LogP contribution is -2.30. The highest BCUT2D eigenvalue weighted by Crippen LogP contribution is 2.16. The van der Waals surface area contributed by atoms with Crippen molar-refractivity contribution in [1.29, 1.82) is 0 Å². The molecule has 2 aromatic rings. The van der Waals surface area contributed by atoms with Gasteiger partial charge in [0.2, 0.25) is 5.91 Å². The SMILES string of the molecule is CN1CN[C@@H](Cc2ccc(OC(=O)c3ccccc3)cc2)C1=O. The molecular weight excluding hydrogens is 292 g/mol. The Balaban J connectivity index is 1.61. The lowest BCUT2D eigenvalue weighted by Gasteiger charge is -2.10. The topological polar surface area (TPSA) is 58.6 Å². The van der Waals surface area contributed by atoms with E-state index in [4.69, 9.17) is 4.74 Å². The van der Waals surface area contributed by atoms with Crippen LogP contribution in [0.1, 0.15) is 15.9 Å². The minimum Gasteiger partial charge on any atom is -0.423 e. The van der Waals surface area contributed by atoms with Crippen LogP contribution < -0.4 is 10.1 Å². The van der Waals surface area contributed by atoms with Crippen LogP contribution in [0.3, 0.4) is 0 Å². The molecule has 0 unspecified atom stereocenters. The molecule has 3 rings (SSSR count). The highest BCUT2D eigenvalue weighted by molar-refractivity contribution is 5.91. The summed E-state index contributed by atoms with van der Waals surface area (Å²) in [5.41, 5.74) is 1.53. The summed E-state index contributed by atoms with van der Waals surface area (Å²) >= 11 is 0. The van der Waals surface area contributed by atoms with E-state index in [1.54, 1.807) is 48.3 Å². The number of carbonyl (C=O) groups is 2. The lowest BCUT2D eigenvalue weighted by molar-refractivity contribution is -0.127. The second kappa shape index (κ2) is 6.62. The molecule has 1 amide bonds. The molecule has 1 saturated heterocycles. The Morgan fingerprint density at radius 3 is 2.48 bits per heavy atom. The number of nitrogens with one attached hydrogen (secondary N) is 1. The summed E-state index contributed by atoms with van der Waals surface area (Å²) in [5, 5.41) is 3.16. The minimum atomic E-state index is -0.382. The number of benzene rings is 2. The van der Waals surface area contributed by atoms with Crippen LogP contribution in [0, 0.1) is 0 Å². The number of rotatable bonds is 4. The Kier molecular flexibility index (Phi) is 4.39. The average molecular weight is 310 g/mol. The highest BCUT2D eigenvalue weighted by atomic mass is 16.5. The number of esters is 1. The Hall–Kier alpha value is -2.66. The van der Waals surface area contributed by atoms with Crippen molar-refractivity contribution in [2.45, 2.75) is 12.5 Å². The standard InChI is InChI=1S/C18H18N2O3/c1-20-12-19-16(17(20)21)11-13-7-9-15(10-8-13)23-18(22)14-5-3-2-4-6-14/h2-10,16,19H,11-12H2,1H3/t16-/m0/s1. The summed E-state index contributed by atoms with van der Waals surface area (Å²) in [6.45, 7) is 0.580. The highest BCUT2D eigenvalue weighted by Gasteiger charge is 2.28. The van der Waals surface area contributed by atoms with Crippen molar-refractivity contribution in [3.05, 3.63) is 65.7 Å². The van der Waals surface area contributed by atoms with E-state index in [0.717, 1.165) is 5.56 Å². The van der Waals surface area contributed by atoms with E-state index in [-0.39, 0.29) is 17.9 Å². The Morgan fingerprint density at radius 1 is 1.17 bits per heavy atom. The maximum Gasteiger partial charge on any atom is 0.343 e. The Bertz CT molecular complexity index is 698. The van der Waals surface area contributed by atoms with E-state index < -0.39 is 0 Å².